The van der Waals surface area contributed by atoms with Crippen molar-refractivity contribution < 1.29 is 0 Å². The molecular weight excluding hydrogens is 281 g/mol. The topological polar surface area (TPSA) is 28.2 Å². The van der Waals surface area contributed by atoms with Gasteiger partial charge in [-0.2, -0.15) is 0 Å². The lowest BCUT2D eigenvalue weighted by molar-refractivity contribution is 0.154. The Morgan fingerprint density at radius 1 is 1.21 bits per heavy atom. The van der Waals surface area contributed by atoms with Gasteiger partial charge >= 0.3 is 0 Å². The predicted molar refractivity (Wildman–Crippen MR) is 80.9 cm³/mol. The molecule has 5 heteroatoms. The molecule has 1 aromatic heterocycles. The summed E-state index contributed by atoms with van der Waals surface area (Å²) < 4.78 is 0. The summed E-state index contributed by atoms with van der Waals surface area (Å²) in [6, 6.07) is 0.282. The Balaban J connectivity index is 2.30. The van der Waals surface area contributed by atoms with Gasteiger partial charge in [-0.05, 0) is 12.3 Å². The van der Waals surface area contributed by atoms with Crippen LogP contribution >= 0.6 is 23.2 Å². The summed E-state index contributed by atoms with van der Waals surface area (Å²) in [5.41, 5.74) is 1.04. The van der Waals surface area contributed by atoms with E-state index in [0.717, 1.165) is 38.2 Å². The second-order valence-electron chi connectivity index (χ2n) is 5.45. The average Bonchev–Trinajstić information content (AvgIpc) is 2.38. The van der Waals surface area contributed by atoms with Gasteiger partial charge in [-0.15, -0.1) is 0 Å². The van der Waals surface area contributed by atoms with E-state index in [1.807, 2.05) is 0 Å². The van der Waals surface area contributed by atoms with E-state index in [9.17, 15) is 0 Å². The molecule has 0 spiro atoms. The van der Waals surface area contributed by atoms with Gasteiger partial charge in [0.25, 0.3) is 0 Å². The Bertz CT molecular complexity index is 397. The molecule has 3 nitrogen and oxygen atoms in total. The van der Waals surface area contributed by atoms with Crippen molar-refractivity contribution in [1.82, 2.24) is 15.2 Å². The number of hydrogen-bond donors (Lipinski definition) is 1. The van der Waals surface area contributed by atoms with E-state index >= 15 is 0 Å². The average molecular weight is 302 g/mol. The molecule has 2 rings (SSSR count). The highest BCUT2D eigenvalue weighted by molar-refractivity contribution is 6.35. The van der Waals surface area contributed by atoms with Crippen molar-refractivity contribution in [2.75, 3.05) is 26.2 Å². The summed E-state index contributed by atoms with van der Waals surface area (Å²) in [5, 5.41) is 4.74. The predicted octanol–water partition coefficient (Wildman–Crippen LogP) is 3.38. The third-order valence-electron chi connectivity index (χ3n) is 3.51. The van der Waals surface area contributed by atoms with E-state index in [1.54, 1.807) is 12.4 Å². The van der Waals surface area contributed by atoms with Crippen LogP contribution in [0.15, 0.2) is 12.4 Å². The third kappa shape index (κ3) is 3.82. The first-order valence-electron chi connectivity index (χ1n) is 6.83. The lowest BCUT2D eigenvalue weighted by Crippen LogP contribution is -2.45. The largest absolute Gasteiger partial charge is 0.314 e. The summed E-state index contributed by atoms with van der Waals surface area (Å²) in [5.74, 6) is 0.597. The molecule has 19 heavy (non-hydrogen) atoms. The van der Waals surface area contributed by atoms with E-state index in [1.165, 1.54) is 0 Å². The molecule has 1 fully saturated rings. The number of hydrogen-bond acceptors (Lipinski definition) is 3. The summed E-state index contributed by atoms with van der Waals surface area (Å²) in [6.07, 6.45) is 4.44. The fourth-order valence-electron chi connectivity index (χ4n) is 2.63. The van der Waals surface area contributed by atoms with Crippen LogP contribution in [-0.4, -0.2) is 36.1 Å². The number of nitrogens with zero attached hydrogens (tertiary/aromatic N) is 2. The quantitative estimate of drug-likeness (QED) is 0.924. The van der Waals surface area contributed by atoms with Gasteiger partial charge in [-0.25, -0.2) is 0 Å². The van der Waals surface area contributed by atoms with Crippen LogP contribution in [0.1, 0.15) is 31.9 Å². The lowest BCUT2D eigenvalue weighted by Gasteiger charge is -2.36. The van der Waals surface area contributed by atoms with Crippen molar-refractivity contribution >= 4 is 23.2 Å². The van der Waals surface area contributed by atoms with Gasteiger partial charge in [0.15, 0.2) is 0 Å². The highest BCUT2D eigenvalue weighted by Crippen LogP contribution is 2.36. The van der Waals surface area contributed by atoms with Crippen LogP contribution in [0.2, 0.25) is 10.0 Å². The van der Waals surface area contributed by atoms with Gasteiger partial charge in [0.05, 0.1) is 10.0 Å². The van der Waals surface area contributed by atoms with Crippen LogP contribution in [0.25, 0.3) is 0 Å². The minimum absolute atomic E-state index is 0.282. The van der Waals surface area contributed by atoms with Crippen LogP contribution in [0, 0.1) is 5.92 Å². The van der Waals surface area contributed by atoms with Gasteiger partial charge < -0.3 is 5.32 Å². The Morgan fingerprint density at radius 2 is 1.79 bits per heavy atom. The molecule has 1 aliphatic rings. The Labute approximate surface area is 125 Å². The number of aromatic nitrogens is 1. The van der Waals surface area contributed by atoms with Crippen molar-refractivity contribution in [2.45, 2.75) is 26.3 Å². The first kappa shape index (κ1) is 15.0. The maximum Gasteiger partial charge on any atom is 0.0652 e. The van der Waals surface area contributed by atoms with Crippen LogP contribution in [0.3, 0.4) is 0 Å². The second-order valence-corrected chi connectivity index (χ2v) is 6.26. The molecule has 1 aromatic rings. The molecule has 0 radical (unpaired) electrons. The fourth-order valence-corrected chi connectivity index (χ4v) is 3.25. The second kappa shape index (κ2) is 6.89. The standard InChI is InChI=1S/C14H21Cl2N3/c1-10(2)7-13(19-5-3-17-4-6-19)14-11(15)8-18-9-12(14)16/h8-10,13,17H,3-7H2,1-2H3/t13-/m0/s1. The molecule has 0 amide bonds. The summed E-state index contributed by atoms with van der Waals surface area (Å²) >= 11 is 12.7. The zero-order valence-corrected chi connectivity index (χ0v) is 13.0. The normalized spacial score (nSPS) is 18.8. The molecule has 0 aliphatic carbocycles. The van der Waals surface area contributed by atoms with Crippen LogP contribution in [0.4, 0.5) is 0 Å². The zero-order chi connectivity index (χ0) is 13.8. The maximum atomic E-state index is 6.34. The van der Waals surface area contributed by atoms with Gasteiger partial charge in [0.1, 0.15) is 0 Å². The summed E-state index contributed by atoms with van der Waals surface area (Å²) in [6.45, 7) is 8.58. The Kier molecular flexibility index (Phi) is 5.46. The molecule has 1 saturated heterocycles. The molecule has 106 valence electrons. The Morgan fingerprint density at radius 3 is 2.32 bits per heavy atom. The fraction of sp³-hybridized carbons (Fsp3) is 0.643. The van der Waals surface area contributed by atoms with Gasteiger partial charge in [-0.1, -0.05) is 37.0 Å². The number of halogens is 2. The van der Waals surface area contributed by atoms with Gasteiger partial charge in [0, 0.05) is 50.2 Å². The zero-order valence-electron chi connectivity index (χ0n) is 11.5. The number of rotatable bonds is 4. The van der Waals surface area contributed by atoms with Crippen molar-refractivity contribution in [1.29, 1.82) is 0 Å². The minimum Gasteiger partial charge on any atom is -0.314 e. The number of piperazine rings is 1. The van der Waals surface area contributed by atoms with E-state index in [2.05, 4.69) is 29.0 Å². The first-order valence-corrected chi connectivity index (χ1v) is 7.59. The molecule has 0 saturated carbocycles. The first-order chi connectivity index (χ1) is 9.09. The van der Waals surface area contributed by atoms with Crippen LogP contribution < -0.4 is 5.32 Å². The summed E-state index contributed by atoms with van der Waals surface area (Å²) in [4.78, 5) is 6.53. The van der Waals surface area contributed by atoms with E-state index in [0.29, 0.717) is 16.0 Å². The van der Waals surface area contributed by atoms with Gasteiger partial charge in [0.2, 0.25) is 0 Å². The van der Waals surface area contributed by atoms with E-state index < -0.39 is 0 Å². The SMILES string of the molecule is CC(C)C[C@@H](c1c(Cl)cncc1Cl)N1CCNCC1. The molecule has 1 N–H and O–H groups in total. The number of nitrogens with one attached hydrogen (secondary N) is 1. The van der Waals surface area contributed by atoms with Crippen molar-refractivity contribution in [3.8, 4) is 0 Å². The Hall–Kier alpha value is -0.350. The third-order valence-corrected chi connectivity index (χ3v) is 4.11. The van der Waals surface area contributed by atoms with Crippen LogP contribution in [-0.2, 0) is 0 Å². The van der Waals surface area contributed by atoms with Crippen molar-refractivity contribution in [3.05, 3.63) is 28.0 Å². The highest BCUT2D eigenvalue weighted by Gasteiger charge is 2.26. The lowest BCUT2D eigenvalue weighted by atomic mass is 9.95. The molecule has 1 aliphatic heterocycles. The molecule has 0 bridgehead atoms. The van der Waals surface area contributed by atoms with E-state index in [4.69, 9.17) is 23.2 Å². The maximum absolute atomic E-state index is 6.34. The van der Waals surface area contributed by atoms with Gasteiger partial charge in [-0.3, -0.25) is 9.88 Å². The highest BCUT2D eigenvalue weighted by atomic mass is 35.5. The van der Waals surface area contributed by atoms with Crippen LogP contribution in [0.5, 0.6) is 0 Å². The van der Waals surface area contributed by atoms with E-state index in [-0.39, 0.29) is 6.04 Å². The molecule has 0 aromatic carbocycles. The van der Waals surface area contributed by atoms with Crippen molar-refractivity contribution in [3.63, 3.8) is 0 Å². The monoisotopic (exact) mass is 301 g/mol. The smallest absolute Gasteiger partial charge is 0.0652 e. The molecule has 2 heterocycles. The summed E-state index contributed by atoms with van der Waals surface area (Å²) in [7, 11) is 0. The van der Waals surface area contributed by atoms with Crippen molar-refractivity contribution in [2.24, 2.45) is 5.92 Å². The minimum atomic E-state index is 0.282. The molecule has 1 atom stereocenters. The molecule has 0 unspecified atom stereocenters. The molecular formula is C14H21Cl2N3. The number of pyridine rings is 1.